The summed E-state index contributed by atoms with van der Waals surface area (Å²) >= 11 is 0. The van der Waals surface area contributed by atoms with Crippen LogP contribution in [0.15, 0.2) is 24.3 Å². The molecule has 1 aliphatic rings. The van der Waals surface area contributed by atoms with Gasteiger partial charge in [-0.3, -0.25) is 4.98 Å². The molecule has 9 heteroatoms. The number of aromatic nitrogens is 1. The number of pyridine rings is 1. The van der Waals surface area contributed by atoms with E-state index in [0.717, 1.165) is 46.5 Å². The number of nitrogens with zero attached hydrogens (tertiary/aromatic N) is 2. The largest absolute Gasteiger partial charge is 0.467 e. The van der Waals surface area contributed by atoms with E-state index in [1.54, 1.807) is 4.90 Å². The number of aryl methyl sites for hydroxylation is 2. The third kappa shape index (κ3) is 6.40. The number of methoxy groups -OCH3 is 1. The van der Waals surface area contributed by atoms with Gasteiger partial charge in [0.05, 0.1) is 18.5 Å². The molecule has 2 aromatic rings. The average Bonchev–Trinajstić information content (AvgIpc) is 3.25. The molecule has 1 aliphatic heterocycles. The molecule has 0 radical (unpaired) electrons. The average molecular weight is 511 g/mol. The Balaban J connectivity index is 0.00000289. The van der Waals surface area contributed by atoms with Crippen molar-refractivity contribution in [1.82, 2.24) is 9.88 Å². The highest BCUT2D eigenvalue weighted by Gasteiger charge is 2.35. The normalized spacial score (nSPS) is 14.9. The molecular formula is C25H36Cl2N4O3. The van der Waals surface area contributed by atoms with Gasteiger partial charge in [0.15, 0.2) is 0 Å². The van der Waals surface area contributed by atoms with E-state index in [1.165, 1.54) is 7.11 Å². The van der Waals surface area contributed by atoms with Gasteiger partial charge in [-0.15, -0.1) is 24.8 Å². The molecule has 3 rings (SSSR count). The third-order valence-corrected chi connectivity index (χ3v) is 5.93. The number of halogens is 2. The van der Waals surface area contributed by atoms with Crippen LogP contribution < -0.4 is 11.1 Å². The minimum absolute atomic E-state index is 0. The summed E-state index contributed by atoms with van der Waals surface area (Å²) in [6.07, 6.45) is 2.16. The molecule has 0 spiro atoms. The first-order valence-electron chi connectivity index (χ1n) is 11.2. The predicted molar refractivity (Wildman–Crippen MR) is 141 cm³/mol. The number of hydrogen-bond acceptors (Lipinski definition) is 5. The number of carbonyl (C=O) groups excluding carboxylic acids is 2. The Kier molecular flexibility index (Phi) is 11.3. The number of anilines is 1. The number of ether oxygens (including phenoxy) is 1. The zero-order valence-electron chi connectivity index (χ0n) is 20.5. The van der Waals surface area contributed by atoms with Gasteiger partial charge in [0.2, 0.25) is 0 Å². The van der Waals surface area contributed by atoms with Crippen LogP contribution in [-0.4, -0.2) is 41.6 Å². The second-order valence-electron chi connectivity index (χ2n) is 8.85. The van der Waals surface area contributed by atoms with Gasteiger partial charge in [-0.2, -0.15) is 0 Å². The van der Waals surface area contributed by atoms with Crippen molar-refractivity contribution in [3.8, 4) is 11.1 Å². The Morgan fingerprint density at radius 2 is 1.85 bits per heavy atom. The van der Waals surface area contributed by atoms with E-state index in [2.05, 4.69) is 19.2 Å². The molecule has 0 bridgehead atoms. The van der Waals surface area contributed by atoms with Crippen molar-refractivity contribution >= 4 is 42.5 Å². The number of nitrogens with one attached hydrogen (secondary N) is 1. The summed E-state index contributed by atoms with van der Waals surface area (Å²) in [5.41, 5.74) is 12.5. The van der Waals surface area contributed by atoms with Crippen molar-refractivity contribution in [2.75, 3.05) is 19.0 Å². The molecule has 0 saturated carbocycles. The maximum Gasteiger partial charge on any atom is 0.328 e. The van der Waals surface area contributed by atoms with Crippen molar-refractivity contribution in [3.63, 3.8) is 0 Å². The summed E-state index contributed by atoms with van der Waals surface area (Å²) < 4.78 is 4.89. The molecule has 1 aromatic heterocycles. The molecule has 0 aliphatic carbocycles. The van der Waals surface area contributed by atoms with Crippen LogP contribution in [0.5, 0.6) is 0 Å². The lowest BCUT2D eigenvalue weighted by molar-refractivity contribution is -0.144. The first kappa shape index (κ1) is 29.7. The molecule has 34 heavy (non-hydrogen) atoms. The fourth-order valence-corrected chi connectivity index (χ4v) is 4.34. The second-order valence-corrected chi connectivity index (χ2v) is 8.85. The van der Waals surface area contributed by atoms with Crippen LogP contribution in [-0.2, 0) is 22.5 Å². The molecule has 1 unspecified atom stereocenters. The highest BCUT2D eigenvalue weighted by atomic mass is 35.5. The fraction of sp³-hybridized carbons (Fsp3) is 0.480. The van der Waals surface area contributed by atoms with E-state index in [0.29, 0.717) is 31.1 Å². The van der Waals surface area contributed by atoms with Crippen molar-refractivity contribution < 1.29 is 14.3 Å². The highest BCUT2D eigenvalue weighted by molar-refractivity contribution is 5.98. The Morgan fingerprint density at radius 3 is 2.41 bits per heavy atom. The van der Waals surface area contributed by atoms with Gasteiger partial charge in [0.25, 0.3) is 0 Å². The minimum Gasteiger partial charge on any atom is -0.467 e. The van der Waals surface area contributed by atoms with Crippen LogP contribution in [0.4, 0.5) is 10.5 Å². The molecule has 2 amide bonds. The summed E-state index contributed by atoms with van der Waals surface area (Å²) in [7, 11) is 1.35. The predicted octanol–water partition coefficient (Wildman–Crippen LogP) is 5.04. The van der Waals surface area contributed by atoms with Crippen molar-refractivity contribution in [2.24, 2.45) is 11.7 Å². The van der Waals surface area contributed by atoms with E-state index in [4.69, 9.17) is 15.5 Å². The smallest absolute Gasteiger partial charge is 0.328 e. The Bertz CT molecular complexity index is 997. The van der Waals surface area contributed by atoms with Crippen LogP contribution in [0.25, 0.3) is 11.1 Å². The van der Waals surface area contributed by atoms with Crippen LogP contribution in [0.1, 0.15) is 49.2 Å². The van der Waals surface area contributed by atoms with Crippen LogP contribution in [0.3, 0.4) is 0 Å². The lowest BCUT2D eigenvalue weighted by atomic mass is 9.92. The molecule has 1 fully saturated rings. The molecule has 7 nitrogen and oxygen atoms in total. The maximum absolute atomic E-state index is 13.2. The summed E-state index contributed by atoms with van der Waals surface area (Å²) in [6, 6.07) is 7.30. The van der Waals surface area contributed by atoms with Gasteiger partial charge >= 0.3 is 12.0 Å². The second kappa shape index (κ2) is 12.9. The Hall–Kier alpha value is -2.35. The van der Waals surface area contributed by atoms with Crippen LogP contribution in [0, 0.1) is 19.8 Å². The third-order valence-electron chi connectivity index (χ3n) is 5.93. The Labute approximate surface area is 214 Å². The van der Waals surface area contributed by atoms with Crippen molar-refractivity contribution in [1.29, 1.82) is 0 Å². The summed E-state index contributed by atoms with van der Waals surface area (Å²) in [6.45, 7) is 9.07. The SMILES string of the molecule is COC(=O)C1CCCN1C(=O)Nc1c(C)nc(CC(C)C)c(CN)c1-c1ccc(C)cc1.Cl.Cl. The topological polar surface area (TPSA) is 97.5 Å². The Morgan fingerprint density at radius 1 is 1.21 bits per heavy atom. The lowest BCUT2D eigenvalue weighted by Crippen LogP contribution is -2.43. The number of urea groups is 1. The molecule has 3 N–H and O–H groups in total. The zero-order chi connectivity index (χ0) is 23.4. The number of amides is 2. The van der Waals surface area contributed by atoms with Gasteiger partial charge in [-0.1, -0.05) is 43.7 Å². The number of benzene rings is 1. The minimum atomic E-state index is -0.565. The van der Waals surface area contributed by atoms with Crippen molar-refractivity contribution in [2.45, 2.75) is 59.5 Å². The first-order chi connectivity index (χ1) is 15.3. The summed E-state index contributed by atoms with van der Waals surface area (Å²) in [5.74, 6) is 0.0325. The summed E-state index contributed by atoms with van der Waals surface area (Å²) in [4.78, 5) is 31.8. The van der Waals surface area contributed by atoms with Gasteiger partial charge in [-0.25, -0.2) is 9.59 Å². The van der Waals surface area contributed by atoms with Gasteiger partial charge < -0.3 is 20.7 Å². The number of likely N-dealkylation sites (tertiary alicyclic amines) is 1. The molecule has 2 heterocycles. The van der Waals surface area contributed by atoms with E-state index in [9.17, 15) is 9.59 Å². The molecule has 1 atom stereocenters. The first-order valence-corrected chi connectivity index (χ1v) is 11.2. The maximum atomic E-state index is 13.2. The van der Waals surface area contributed by atoms with Gasteiger partial charge in [-0.05, 0) is 50.2 Å². The quantitative estimate of drug-likeness (QED) is 0.530. The van der Waals surface area contributed by atoms with E-state index >= 15 is 0 Å². The van der Waals surface area contributed by atoms with Gasteiger partial charge in [0, 0.05) is 24.3 Å². The summed E-state index contributed by atoms with van der Waals surface area (Å²) in [5, 5.41) is 3.06. The van der Waals surface area contributed by atoms with E-state index < -0.39 is 6.04 Å². The van der Waals surface area contributed by atoms with E-state index in [1.807, 2.05) is 38.1 Å². The fourth-order valence-electron chi connectivity index (χ4n) is 4.34. The van der Waals surface area contributed by atoms with Crippen molar-refractivity contribution in [3.05, 3.63) is 46.8 Å². The van der Waals surface area contributed by atoms with Crippen LogP contribution in [0.2, 0.25) is 0 Å². The standard InChI is InChI=1S/C25H34N4O3.2ClH/c1-15(2)13-20-19(14-26)22(18-10-8-16(3)9-11-18)23(17(4)27-20)28-25(31)29-12-6-7-21(29)24(30)32-5;;/h8-11,15,21H,6-7,12-14,26H2,1-5H3,(H,28,31);2*1H. The van der Waals surface area contributed by atoms with Gasteiger partial charge in [0.1, 0.15) is 6.04 Å². The number of rotatable bonds is 6. The number of esters is 1. The lowest BCUT2D eigenvalue weighted by Gasteiger charge is -2.26. The number of carbonyl (C=O) groups is 2. The monoisotopic (exact) mass is 510 g/mol. The molecular weight excluding hydrogens is 475 g/mol. The van der Waals surface area contributed by atoms with E-state index in [-0.39, 0.29) is 36.8 Å². The molecule has 1 saturated heterocycles. The zero-order valence-corrected chi connectivity index (χ0v) is 22.1. The number of nitrogens with two attached hydrogens (primary N) is 1. The molecule has 1 aromatic carbocycles. The highest BCUT2D eigenvalue weighted by Crippen LogP contribution is 2.36. The van der Waals surface area contributed by atoms with Crippen LogP contribution >= 0.6 is 24.8 Å². The molecule has 188 valence electrons. The number of hydrogen-bond donors (Lipinski definition) is 2.